The SMILES string of the molecule is [2H]c1cc2c(Cc3c4c([2H])c([2H])c([2H])c([2H])c4c(Cc4ccc5c(c4)oc4ccccc45)c4c([2H])c([2H])c([2H])c([2H])c34)c([2H])c([2H])c([2H])c2c([2H])c1[2H]. The Bertz CT molecular complexity index is 2860. The van der Waals surface area contributed by atoms with Crippen molar-refractivity contribution in [2.75, 3.05) is 0 Å². The van der Waals surface area contributed by atoms with Crippen molar-refractivity contribution in [3.8, 4) is 0 Å². The molecule has 0 atom stereocenters. The first-order valence-electron chi connectivity index (χ1n) is 19.5. The van der Waals surface area contributed by atoms with E-state index in [1.165, 1.54) is 6.07 Å². The molecule has 0 amide bonds. The molecule has 0 saturated heterocycles. The molecule has 0 unspecified atom stereocenters. The van der Waals surface area contributed by atoms with Crippen molar-refractivity contribution in [2.45, 2.75) is 12.8 Å². The van der Waals surface area contributed by atoms with E-state index in [1.807, 2.05) is 36.4 Å². The molecule has 7 aromatic carbocycles. The van der Waals surface area contributed by atoms with Gasteiger partial charge in [-0.15, -0.1) is 0 Å². The van der Waals surface area contributed by atoms with Crippen LogP contribution in [0.3, 0.4) is 0 Å². The predicted molar refractivity (Wildman–Crippen MR) is 165 cm³/mol. The van der Waals surface area contributed by atoms with Crippen molar-refractivity contribution < 1.29 is 23.6 Å². The molecule has 0 bridgehead atoms. The fraction of sp³-hybridized carbons (Fsp3) is 0.0526. The molecule has 39 heavy (non-hydrogen) atoms. The molecule has 1 nitrogen and oxygen atoms in total. The summed E-state index contributed by atoms with van der Waals surface area (Å²) in [5, 5.41) is 1.61. The van der Waals surface area contributed by atoms with Crippen molar-refractivity contribution in [1.29, 1.82) is 0 Å². The zero-order valence-corrected chi connectivity index (χ0v) is 20.4. The van der Waals surface area contributed by atoms with E-state index in [2.05, 4.69) is 0 Å². The Morgan fingerprint density at radius 2 is 1.13 bits per heavy atom. The molecule has 1 heteroatoms. The average Bonchev–Trinajstić information content (AvgIpc) is 3.51. The third kappa shape index (κ3) is 3.62. The molecule has 0 aliphatic carbocycles. The van der Waals surface area contributed by atoms with E-state index >= 15 is 0 Å². The number of furan rings is 1. The van der Waals surface area contributed by atoms with Crippen molar-refractivity contribution in [3.05, 3.63) is 155 Å². The summed E-state index contributed by atoms with van der Waals surface area (Å²) in [6, 6.07) is 7.33. The Hall–Kier alpha value is -4.88. The van der Waals surface area contributed by atoms with Gasteiger partial charge in [0, 0.05) is 10.8 Å². The quantitative estimate of drug-likeness (QED) is 0.214. The first-order valence-corrected chi connectivity index (χ1v) is 12.5. The van der Waals surface area contributed by atoms with Gasteiger partial charge < -0.3 is 4.42 Å². The monoisotopic (exact) mass is 512 g/mol. The Kier molecular flexibility index (Phi) is 2.80. The van der Waals surface area contributed by atoms with E-state index in [9.17, 15) is 0 Å². The zero-order chi connectivity index (χ0) is 37.9. The third-order valence-electron chi connectivity index (χ3n) is 7.23. The van der Waals surface area contributed by atoms with Crippen molar-refractivity contribution in [1.82, 2.24) is 0 Å². The lowest BCUT2D eigenvalue weighted by Gasteiger charge is -2.18. The molecule has 0 aliphatic rings. The number of hydrogen-bond acceptors (Lipinski definition) is 1. The van der Waals surface area contributed by atoms with Crippen LogP contribution in [0.2, 0.25) is 0 Å². The average molecular weight is 513 g/mol. The van der Waals surface area contributed by atoms with Gasteiger partial charge in [-0.3, -0.25) is 0 Å². The fourth-order valence-electron chi connectivity index (χ4n) is 5.45. The van der Waals surface area contributed by atoms with Gasteiger partial charge in [-0.1, -0.05) is 121 Å². The maximum absolute atomic E-state index is 9.17. The Balaban J connectivity index is 1.52. The largest absolute Gasteiger partial charge is 0.456 e. The van der Waals surface area contributed by atoms with E-state index in [-0.39, 0.29) is 61.5 Å². The van der Waals surface area contributed by atoms with Gasteiger partial charge in [-0.05, 0) is 79.5 Å². The summed E-state index contributed by atoms with van der Waals surface area (Å²) < 4.78 is 129. The lowest BCUT2D eigenvalue weighted by molar-refractivity contribution is 0.668. The number of rotatable bonds is 4. The molecule has 0 radical (unpaired) electrons. The highest BCUT2D eigenvalue weighted by Crippen LogP contribution is 2.37. The van der Waals surface area contributed by atoms with Crippen molar-refractivity contribution in [2.24, 2.45) is 0 Å². The van der Waals surface area contributed by atoms with Gasteiger partial charge in [-0.25, -0.2) is 0 Å². The van der Waals surface area contributed by atoms with Gasteiger partial charge >= 0.3 is 0 Å². The standard InChI is InChI=1S/C38H26O/c1-2-13-28-26(10-1)11-9-12-27(28)24-36-31-16-5-3-14-29(31)35(30-15-4-6-17-32(30)36)22-25-20-21-34-33-18-7-8-19-37(33)39-38(34)23-25/h1-21,23H,22,24H2/i1D,2D,3D,4D,5D,6D,9D,10D,11D,12D,14D,15D,16D,17D. The predicted octanol–water partition coefficient (Wildman–Crippen LogP) is 10.2. The third-order valence-corrected chi connectivity index (χ3v) is 7.23. The van der Waals surface area contributed by atoms with Crippen LogP contribution >= 0.6 is 0 Å². The van der Waals surface area contributed by atoms with Crippen molar-refractivity contribution in [3.63, 3.8) is 0 Å². The molecule has 0 aliphatic heterocycles. The molecule has 0 saturated carbocycles. The second-order valence-electron chi connectivity index (χ2n) is 9.42. The van der Waals surface area contributed by atoms with Gasteiger partial charge in [0.05, 0.1) is 19.2 Å². The second-order valence-corrected chi connectivity index (χ2v) is 9.42. The zero-order valence-electron chi connectivity index (χ0n) is 34.4. The Morgan fingerprint density at radius 1 is 0.487 bits per heavy atom. The minimum Gasteiger partial charge on any atom is -0.456 e. The fourth-order valence-corrected chi connectivity index (χ4v) is 5.45. The summed E-state index contributed by atoms with van der Waals surface area (Å²) in [7, 11) is 0. The van der Waals surface area contributed by atoms with Crippen LogP contribution in [0, 0.1) is 0 Å². The van der Waals surface area contributed by atoms with E-state index in [1.54, 1.807) is 6.07 Å². The molecular weight excluding hydrogens is 472 g/mol. The van der Waals surface area contributed by atoms with Gasteiger partial charge in [0.15, 0.2) is 0 Å². The maximum Gasteiger partial charge on any atom is 0.135 e. The van der Waals surface area contributed by atoms with Crippen LogP contribution in [0.15, 0.2) is 138 Å². The van der Waals surface area contributed by atoms with E-state index in [0.29, 0.717) is 16.7 Å². The second kappa shape index (κ2) is 8.85. The van der Waals surface area contributed by atoms with Gasteiger partial charge in [0.1, 0.15) is 11.2 Å². The maximum atomic E-state index is 9.17. The number of fused-ring (bicyclic) bond motifs is 6. The number of para-hydroxylation sites is 1. The van der Waals surface area contributed by atoms with Gasteiger partial charge in [-0.2, -0.15) is 0 Å². The van der Waals surface area contributed by atoms with Gasteiger partial charge in [0.2, 0.25) is 0 Å². The molecule has 8 aromatic rings. The van der Waals surface area contributed by atoms with Crippen LogP contribution < -0.4 is 0 Å². The number of benzene rings is 7. The summed E-state index contributed by atoms with van der Waals surface area (Å²) in [6.07, 6.45) is -0.432. The Morgan fingerprint density at radius 3 is 1.90 bits per heavy atom. The number of hydrogen-bond donors (Lipinski definition) is 0. The molecular formula is C38H26O. The summed E-state index contributed by atoms with van der Waals surface area (Å²) in [6.45, 7) is 0. The lowest BCUT2D eigenvalue weighted by atomic mass is 9.86. The smallest absolute Gasteiger partial charge is 0.135 e. The summed E-state index contributed by atoms with van der Waals surface area (Å²) in [4.78, 5) is 0. The molecule has 0 N–H and O–H groups in total. The van der Waals surface area contributed by atoms with E-state index < -0.39 is 85.0 Å². The molecule has 0 spiro atoms. The lowest BCUT2D eigenvalue weighted by Crippen LogP contribution is -1.99. The van der Waals surface area contributed by atoms with Crippen molar-refractivity contribution >= 4 is 54.3 Å². The van der Waals surface area contributed by atoms with Crippen LogP contribution in [0.25, 0.3) is 54.3 Å². The molecule has 1 heterocycles. The summed E-state index contributed by atoms with van der Waals surface area (Å²) in [5.74, 6) is 0. The van der Waals surface area contributed by atoms with Crippen LogP contribution in [0.4, 0.5) is 0 Å². The normalized spacial score (nSPS) is 16.8. The first-order chi connectivity index (χ1) is 25.1. The van der Waals surface area contributed by atoms with E-state index in [4.69, 9.17) is 23.6 Å². The minimum absolute atomic E-state index is 0.00788. The topological polar surface area (TPSA) is 13.1 Å². The summed E-state index contributed by atoms with van der Waals surface area (Å²) in [5.41, 5.74) is 2.16. The van der Waals surface area contributed by atoms with Crippen LogP contribution in [-0.4, -0.2) is 0 Å². The highest BCUT2D eigenvalue weighted by atomic mass is 16.3. The Labute approximate surface area is 246 Å². The highest BCUT2D eigenvalue weighted by Gasteiger charge is 2.16. The van der Waals surface area contributed by atoms with E-state index in [0.717, 1.165) is 10.8 Å². The minimum atomic E-state index is -0.585. The molecule has 8 rings (SSSR count). The highest BCUT2D eigenvalue weighted by molar-refractivity contribution is 6.07. The van der Waals surface area contributed by atoms with Crippen LogP contribution in [-0.2, 0) is 12.8 Å². The van der Waals surface area contributed by atoms with Crippen LogP contribution in [0.5, 0.6) is 0 Å². The molecule has 1 aromatic heterocycles. The van der Waals surface area contributed by atoms with Gasteiger partial charge in [0.25, 0.3) is 0 Å². The molecule has 0 fully saturated rings. The van der Waals surface area contributed by atoms with Crippen LogP contribution in [0.1, 0.15) is 41.4 Å². The summed E-state index contributed by atoms with van der Waals surface area (Å²) >= 11 is 0. The first kappa shape index (κ1) is 12.3. The molecule has 184 valence electrons.